The Morgan fingerprint density at radius 2 is 1.80 bits per heavy atom. The van der Waals surface area contributed by atoms with Crippen molar-refractivity contribution in [3.05, 3.63) is 64.4 Å². The highest BCUT2D eigenvalue weighted by atomic mass is 79.9. The van der Waals surface area contributed by atoms with Crippen molar-refractivity contribution in [3.8, 4) is 0 Å². The van der Waals surface area contributed by atoms with Gasteiger partial charge < -0.3 is 10.6 Å². The number of carbonyl (C=O) groups excluding carboxylic acids is 2. The van der Waals surface area contributed by atoms with Crippen molar-refractivity contribution in [2.75, 3.05) is 11.9 Å². The standard InChI is InChI=1S/C18H19BrFN3O2/c1-2-15(12-7-9-13(19)10-8-12)21-11-17(24)23-18(25)22-16-6-4-3-5-14(16)20/h3-10,15,21H,2,11H2,1H3,(H2,22,23,24,25)/t15-/m1/s1. The highest BCUT2D eigenvalue weighted by molar-refractivity contribution is 9.10. The third-order valence-electron chi connectivity index (χ3n) is 3.56. The molecule has 1 atom stereocenters. The highest BCUT2D eigenvalue weighted by Gasteiger charge is 2.13. The number of anilines is 1. The maximum absolute atomic E-state index is 13.5. The number of halogens is 2. The number of urea groups is 1. The average molecular weight is 408 g/mol. The Bertz CT molecular complexity index is 737. The third-order valence-corrected chi connectivity index (χ3v) is 4.09. The number of amides is 3. The van der Waals surface area contributed by atoms with E-state index in [9.17, 15) is 14.0 Å². The molecule has 0 unspecified atom stereocenters. The van der Waals surface area contributed by atoms with Gasteiger partial charge in [0, 0.05) is 10.5 Å². The van der Waals surface area contributed by atoms with Crippen LogP contribution in [-0.2, 0) is 4.79 Å². The van der Waals surface area contributed by atoms with Crippen LogP contribution in [-0.4, -0.2) is 18.5 Å². The molecule has 0 aliphatic rings. The highest BCUT2D eigenvalue weighted by Crippen LogP contribution is 2.19. The number of nitrogens with one attached hydrogen (secondary N) is 3. The lowest BCUT2D eigenvalue weighted by Gasteiger charge is -2.17. The molecule has 2 aromatic rings. The van der Waals surface area contributed by atoms with E-state index in [2.05, 4.69) is 31.9 Å². The minimum atomic E-state index is -0.770. The van der Waals surface area contributed by atoms with Gasteiger partial charge in [-0.3, -0.25) is 10.1 Å². The second-order valence-corrected chi connectivity index (χ2v) is 6.29. The SMILES string of the molecule is CC[C@@H](NCC(=O)NC(=O)Nc1ccccc1F)c1ccc(Br)cc1. The summed E-state index contributed by atoms with van der Waals surface area (Å²) in [6.45, 7) is 1.97. The summed E-state index contributed by atoms with van der Waals surface area (Å²) >= 11 is 3.38. The Hall–Kier alpha value is -2.25. The maximum atomic E-state index is 13.5. The van der Waals surface area contributed by atoms with Crippen LogP contribution < -0.4 is 16.0 Å². The molecule has 0 heterocycles. The first-order valence-electron chi connectivity index (χ1n) is 7.83. The largest absolute Gasteiger partial charge is 0.326 e. The number of imide groups is 1. The first-order chi connectivity index (χ1) is 12.0. The summed E-state index contributed by atoms with van der Waals surface area (Å²) in [7, 11) is 0. The second-order valence-electron chi connectivity index (χ2n) is 5.38. The Kier molecular flexibility index (Phi) is 7.09. The molecule has 0 saturated heterocycles. The summed E-state index contributed by atoms with van der Waals surface area (Å²) in [4.78, 5) is 23.7. The number of benzene rings is 2. The molecule has 3 amide bonds. The number of carbonyl (C=O) groups is 2. The van der Waals surface area contributed by atoms with Gasteiger partial charge in [-0.2, -0.15) is 0 Å². The Labute approximate surface area is 154 Å². The quantitative estimate of drug-likeness (QED) is 0.678. The van der Waals surface area contributed by atoms with Crippen molar-refractivity contribution in [2.24, 2.45) is 0 Å². The van der Waals surface area contributed by atoms with Crippen molar-refractivity contribution < 1.29 is 14.0 Å². The summed E-state index contributed by atoms with van der Waals surface area (Å²) in [5.41, 5.74) is 1.07. The van der Waals surface area contributed by atoms with E-state index in [-0.39, 0.29) is 18.3 Å². The van der Waals surface area contributed by atoms with Crippen molar-refractivity contribution >= 4 is 33.6 Å². The van der Waals surface area contributed by atoms with E-state index in [0.717, 1.165) is 16.5 Å². The Morgan fingerprint density at radius 3 is 2.44 bits per heavy atom. The lowest BCUT2D eigenvalue weighted by atomic mass is 10.0. The molecule has 0 radical (unpaired) electrons. The van der Waals surface area contributed by atoms with Crippen molar-refractivity contribution in [3.63, 3.8) is 0 Å². The van der Waals surface area contributed by atoms with Crippen LogP contribution in [0.5, 0.6) is 0 Å². The lowest BCUT2D eigenvalue weighted by molar-refractivity contribution is -0.119. The minimum absolute atomic E-state index is 0.00604. The summed E-state index contributed by atoms with van der Waals surface area (Å²) in [5.74, 6) is -1.06. The van der Waals surface area contributed by atoms with Crippen molar-refractivity contribution in [1.29, 1.82) is 0 Å². The molecule has 7 heteroatoms. The molecule has 25 heavy (non-hydrogen) atoms. The van der Waals surface area contributed by atoms with Gasteiger partial charge in [-0.05, 0) is 36.2 Å². The number of rotatable bonds is 6. The molecule has 2 rings (SSSR count). The zero-order valence-corrected chi connectivity index (χ0v) is 15.3. The lowest BCUT2D eigenvalue weighted by Crippen LogP contribution is -2.41. The summed E-state index contributed by atoms with van der Waals surface area (Å²) in [6, 6.07) is 12.8. The Balaban J connectivity index is 1.83. The molecule has 5 nitrogen and oxygen atoms in total. The normalized spacial score (nSPS) is 11.6. The predicted octanol–water partition coefficient (Wildman–Crippen LogP) is 3.98. The van der Waals surface area contributed by atoms with Crippen LogP contribution in [0.1, 0.15) is 24.9 Å². The fourth-order valence-electron chi connectivity index (χ4n) is 2.30. The van der Waals surface area contributed by atoms with E-state index in [1.165, 1.54) is 18.2 Å². The van der Waals surface area contributed by atoms with Gasteiger partial charge in [0.25, 0.3) is 0 Å². The van der Waals surface area contributed by atoms with Crippen LogP contribution in [0.4, 0.5) is 14.9 Å². The predicted molar refractivity (Wildman–Crippen MR) is 98.7 cm³/mol. The molecule has 0 aliphatic heterocycles. The fourth-order valence-corrected chi connectivity index (χ4v) is 2.56. The second kappa shape index (κ2) is 9.29. The van der Waals surface area contributed by atoms with Gasteiger partial charge in [-0.15, -0.1) is 0 Å². The number of para-hydroxylation sites is 1. The van der Waals surface area contributed by atoms with Gasteiger partial charge in [-0.25, -0.2) is 9.18 Å². The average Bonchev–Trinajstić information content (AvgIpc) is 2.59. The molecule has 0 spiro atoms. The monoisotopic (exact) mass is 407 g/mol. The summed E-state index contributed by atoms with van der Waals surface area (Å²) < 4.78 is 14.4. The van der Waals surface area contributed by atoms with Crippen LogP contribution in [0.25, 0.3) is 0 Å². The van der Waals surface area contributed by atoms with E-state index >= 15 is 0 Å². The molecule has 0 fully saturated rings. The van der Waals surface area contributed by atoms with E-state index in [1.807, 2.05) is 31.2 Å². The van der Waals surface area contributed by atoms with Crippen molar-refractivity contribution in [2.45, 2.75) is 19.4 Å². The van der Waals surface area contributed by atoms with E-state index < -0.39 is 17.8 Å². The molecule has 0 aromatic heterocycles. The number of hydrogen-bond donors (Lipinski definition) is 3. The molecule has 3 N–H and O–H groups in total. The van der Waals surface area contributed by atoms with Crippen LogP contribution in [0.15, 0.2) is 53.0 Å². The van der Waals surface area contributed by atoms with E-state index in [1.54, 1.807) is 6.07 Å². The molecular weight excluding hydrogens is 389 g/mol. The topological polar surface area (TPSA) is 70.2 Å². The van der Waals surface area contributed by atoms with Gasteiger partial charge in [0.1, 0.15) is 5.82 Å². The first-order valence-corrected chi connectivity index (χ1v) is 8.63. The minimum Gasteiger partial charge on any atom is -0.305 e. The third kappa shape index (κ3) is 5.95. The maximum Gasteiger partial charge on any atom is 0.326 e. The van der Waals surface area contributed by atoms with Crippen LogP contribution >= 0.6 is 15.9 Å². The molecular formula is C18H19BrFN3O2. The summed E-state index contributed by atoms with van der Waals surface area (Å²) in [5, 5.41) is 7.58. The molecule has 132 valence electrons. The van der Waals surface area contributed by atoms with Crippen LogP contribution in [0, 0.1) is 5.82 Å². The first kappa shape index (κ1) is 19.1. The zero-order valence-electron chi connectivity index (χ0n) is 13.7. The molecule has 0 aliphatic carbocycles. The van der Waals surface area contributed by atoms with Gasteiger partial charge in [0.2, 0.25) is 5.91 Å². The van der Waals surface area contributed by atoms with E-state index in [4.69, 9.17) is 0 Å². The summed E-state index contributed by atoms with van der Waals surface area (Å²) in [6.07, 6.45) is 0.788. The van der Waals surface area contributed by atoms with Crippen LogP contribution in [0.2, 0.25) is 0 Å². The fraction of sp³-hybridized carbons (Fsp3) is 0.222. The number of hydrogen-bond acceptors (Lipinski definition) is 3. The molecule has 0 bridgehead atoms. The van der Waals surface area contributed by atoms with Crippen molar-refractivity contribution in [1.82, 2.24) is 10.6 Å². The van der Waals surface area contributed by atoms with Gasteiger partial charge >= 0.3 is 6.03 Å². The van der Waals surface area contributed by atoms with Gasteiger partial charge in [0.15, 0.2) is 0 Å². The zero-order chi connectivity index (χ0) is 18.2. The van der Waals surface area contributed by atoms with Gasteiger partial charge in [0.05, 0.1) is 12.2 Å². The molecule has 2 aromatic carbocycles. The molecule has 0 saturated carbocycles. The van der Waals surface area contributed by atoms with E-state index in [0.29, 0.717) is 0 Å². The van der Waals surface area contributed by atoms with Gasteiger partial charge in [-0.1, -0.05) is 47.1 Å². The van der Waals surface area contributed by atoms with Crippen LogP contribution in [0.3, 0.4) is 0 Å². The Morgan fingerprint density at radius 1 is 1.12 bits per heavy atom. The smallest absolute Gasteiger partial charge is 0.305 e.